The second-order valence-corrected chi connectivity index (χ2v) is 8.25. The fourth-order valence-electron chi connectivity index (χ4n) is 6.79. The Labute approximate surface area is 116 Å². The SMILES string of the molecule is C=CC[C@]1(C)C(=O)C=C[C@]23C[C@H]4C[C@H](C[C@@]4(C)C2)[C@H]31. The summed E-state index contributed by atoms with van der Waals surface area (Å²) < 4.78 is 0. The first-order chi connectivity index (χ1) is 8.94. The van der Waals surface area contributed by atoms with Gasteiger partial charge in [-0.25, -0.2) is 0 Å². The monoisotopic (exact) mass is 256 g/mol. The Hall–Kier alpha value is -0.850. The van der Waals surface area contributed by atoms with Gasteiger partial charge < -0.3 is 0 Å². The molecule has 0 radical (unpaired) electrons. The van der Waals surface area contributed by atoms with Gasteiger partial charge in [0.25, 0.3) is 0 Å². The predicted molar refractivity (Wildman–Crippen MR) is 76.5 cm³/mol. The number of rotatable bonds is 2. The molecule has 1 spiro atoms. The van der Waals surface area contributed by atoms with Crippen molar-refractivity contribution in [3.8, 4) is 0 Å². The summed E-state index contributed by atoms with van der Waals surface area (Å²) in [7, 11) is 0. The van der Waals surface area contributed by atoms with Crippen LogP contribution in [-0.4, -0.2) is 5.78 Å². The third-order valence-electron chi connectivity index (χ3n) is 7.14. The van der Waals surface area contributed by atoms with Gasteiger partial charge in [-0.05, 0) is 66.8 Å². The van der Waals surface area contributed by atoms with E-state index in [2.05, 4.69) is 26.5 Å². The minimum Gasteiger partial charge on any atom is -0.294 e. The van der Waals surface area contributed by atoms with Crippen molar-refractivity contribution >= 4 is 5.78 Å². The van der Waals surface area contributed by atoms with E-state index in [4.69, 9.17) is 0 Å². The number of allylic oxidation sites excluding steroid dienone is 3. The molecular weight excluding hydrogens is 232 g/mol. The molecule has 0 aromatic carbocycles. The number of ketones is 1. The van der Waals surface area contributed by atoms with Crippen LogP contribution in [0.5, 0.6) is 0 Å². The van der Waals surface area contributed by atoms with Crippen LogP contribution in [0.2, 0.25) is 0 Å². The lowest BCUT2D eigenvalue weighted by Crippen LogP contribution is -2.52. The van der Waals surface area contributed by atoms with E-state index in [0.717, 1.165) is 18.3 Å². The smallest absolute Gasteiger partial charge is 0.161 e. The van der Waals surface area contributed by atoms with Crippen LogP contribution < -0.4 is 0 Å². The molecule has 4 bridgehead atoms. The Morgan fingerprint density at radius 1 is 1.42 bits per heavy atom. The highest BCUT2D eigenvalue weighted by Gasteiger charge is 2.70. The quantitative estimate of drug-likeness (QED) is 0.678. The van der Waals surface area contributed by atoms with Crippen molar-refractivity contribution in [1.82, 2.24) is 0 Å². The third kappa shape index (κ3) is 1.21. The summed E-state index contributed by atoms with van der Waals surface area (Å²) in [5.41, 5.74) is 0.727. The Kier molecular flexibility index (Phi) is 2.04. The maximum Gasteiger partial charge on any atom is 0.161 e. The molecule has 19 heavy (non-hydrogen) atoms. The van der Waals surface area contributed by atoms with Gasteiger partial charge in [0.15, 0.2) is 5.78 Å². The van der Waals surface area contributed by atoms with Crippen LogP contribution in [0.25, 0.3) is 0 Å². The molecule has 4 fully saturated rings. The summed E-state index contributed by atoms with van der Waals surface area (Å²) in [6.07, 6.45) is 12.4. The summed E-state index contributed by atoms with van der Waals surface area (Å²) in [4.78, 5) is 12.5. The van der Waals surface area contributed by atoms with Crippen molar-refractivity contribution in [2.45, 2.75) is 46.0 Å². The number of carbonyl (C=O) groups is 1. The Balaban J connectivity index is 1.86. The molecule has 4 saturated carbocycles. The van der Waals surface area contributed by atoms with Gasteiger partial charge in [-0.15, -0.1) is 6.58 Å². The number of carbonyl (C=O) groups excluding carboxylic acids is 1. The Morgan fingerprint density at radius 2 is 2.21 bits per heavy atom. The first kappa shape index (κ1) is 11.9. The average molecular weight is 256 g/mol. The summed E-state index contributed by atoms with van der Waals surface area (Å²) in [6.45, 7) is 8.61. The van der Waals surface area contributed by atoms with Crippen LogP contribution in [0.15, 0.2) is 24.8 Å². The van der Waals surface area contributed by atoms with Crippen LogP contribution in [0.4, 0.5) is 0 Å². The zero-order valence-corrected chi connectivity index (χ0v) is 12.1. The van der Waals surface area contributed by atoms with Gasteiger partial charge in [0.05, 0.1) is 0 Å². The molecule has 0 heterocycles. The first-order valence-corrected chi connectivity index (χ1v) is 7.78. The van der Waals surface area contributed by atoms with Crippen molar-refractivity contribution in [1.29, 1.82) is 0 Å². The van der Waals surface area contributed by atoms with E-state index in [-0.39, 0.29) is 5.41 Å². The van der Waals surface area contributed by atoms with Gasteiger partial charge in [0.1, 0.15) is 0 Å². The lowest BCUT2D eigenvalue weighted by molar-refractivity contribution is -0.136. The van der Waals surface area contributed by atoms with Crippen LogP contribution in [-0.2, 0) is 4.79 Å². The molecule has 6 atom stereocenters. The average Bonchev–Trinajstić information content (AvgIpc) is 2.68. The van der Waals surface area contributed by atoms with E-state index in [0.29, 0.717) is 22.5 Å². The fraction of sp³-hybridized carbons (Fsp3) is 0.722. The molecule has 102 valence electrons. The molecular formula is C18H24O. The molecule has 5 aliphatic rings. The lowest BCUT2D eigenvalue weighted by Gasteiger charge is -2.55. The largest absolute Gasteiger partial charge is 0.294 e. The highest BCUT2D eigenvalue weighted by atomic mass is 16.1. The van der Waals surface area contributed by atoms with Gasteiger partial charge in [-0.3, -0.25) is 4.79 Å². The molecule has 0 saturated heterocycles. The summed E-state index contributed by atoms with van der Waals surface area (Å²) in [5.74, 6) is 2.61. The van der Waals surface area contributed by atoms with E-state index < -0.39 is 0 Å². The van der Waals surface area contributed by atoms with Crippen LogP contribution in [0.3, 0.4) is 0 Å². The zero-order valence-electron chi connectivity index (χ0n) is 12.1. The molecule has 5 rings (SSSR count). The van der Waals surface area contributed by atoms with Crippen molar-refractivity contribution in [2.24, 2.45) is 34.0 Å². The van der Waals surface area contributed by atoms with E-state index in [1.165, 1.54) is 25.7 Å². The van der Waals surface area contributed by atoms with Gasteiger partial charge >= 0.3 is 0 Å². The predicted octanol–water partition coefficient (Wildman–Crippen LogP) is 4.15. The number of hydrogen-bond acceptors (Lipinski definition) is 1. The molecule has 0 N–H and O–H groups in total. The first-order valence-electron chi connectivity index (χ1n) is 7.78. The normalized spacial score (nSPS) is 57.6. The Morgan fingerprint density at radius 3 is 2.89 bits per heavy atom. The molecule has 0 aromatic rings. The summed E-state index contributed by atoms with van der Waals surface area (Å²) in [6, 6.07) is 0. The Bertz CT molecular complexity index is 504. The molecule has 0 aromatic heterocycles. The van der Waals surface area contributed by atoms with E-state index in [9.17, 15) is 4.79 Å². The second-order valence-electron chi connectivity index (χ2n) is 8.25. The van der Waals surface area contributed by atoms with Gasteiger partial charge in [-0.1, -0.05) is 26.0 Å². The maximum absolute atomic E-state index is 12.5. The van der Waals surface area contributed by atoms with Crippen LogP contribution >= 0.6 is 0 Å². The molecule has 0 unspecified atom stereocenters. The van der Waals surface area contributed by atoms with E-state index in [1.807, 2.05) is 12.2 Å². The highest BCUT2D eigenvalue weighted by molar-refractivity contribution is 5.96. The van der Waals surface area contributed by atoms with Crippen molar-refractivity contribution in [3.63, 3.8) is 0 Å². The van der Waals surface area contributed by atoms with E-state index in [1.54, 1.807) is 0 Å². The standard InChI is InChI=1S/C18H24O/c1-4-6-17(3)14(19)5-7-18-10-13-8-12(15(17)18)9-16(13,2)11-18/h4-5,7,12-13,15H,1,6,8-11H2,2-3H3/t12-,13-,15+,16+,17-,18+/m1/s1. The number of hydrogen-bond donors (Lipinski definition) is 0. The topological polar surface area (TPSA) is 17.1 Å². The maximum atomic E-state index is 12.5. The van der Waals surface area contributed by atoms with Crippen molar-refractivity contribution in [3.05, 3.63) is 24.8 Å². The highest BCUT2D eigenvalue weighted by Crippen LogP contribution is 2.76. The molecule has 5 aliphatic carbocycles. The van der Waals surface area contributed by atoms with Crippen LogP contribution in [0, 0.1) is 34.0 Å². The minimum absolute atomic E-state index is 0.183. The summed E-state index contributed by atoms with van der Waals surface area (Å²) in [5, 5.41) is 0. The minimum atomic E-state index is -0.183. The van der Waals surface area contributed by atoms with Gasteiger partial charge in [-0.2, -0.15) is 0 Å². The van der Waals surface area contributed by atoms with E-state index >= 15 is 0 Å². The van der Waals surface area contributed by atoms with Gasteiger partial charge in [0, 0.05) is 5.41 Å². The van der Waals surface area contributed by atoms with Crippen LogP contribution in [0.1, 0.15) is 46.0 Å². The second kappa shape index (κ2) is 3.24. The third-order valence-corrected chi connectivity index (χ3v) is 7.14. The lowest BCUT2D eigenvalue weighted by atomic mass is 9.47. The van der Waals surface area contributed by atoms with Gasteiger partial charge in [0.2, 0.25) is 0 Å². The molecule has 0 aliphatic heterocycles. The molecule has 1 heteroatoms. The van der Waals surface area contributed by atoms with Crippen molar-refractivity contribution in [2.75, 3.05) is 0 Å². The molecule has 1 nitrogen and oxygen atoms in total. The summed E-state index contributed by atoms with van der Waals surface area (Å²) >= 11 is 0. The molecule has 0 amide bonds. The zero-order chi connectivity index (χ0) is 13.5. The fourth-order valence-corrected chi connectivity index (χ4v) is 6.79. The van der Waals surface area contributed by atoms with Crippen molar-refractivity contribution < 1.29 is 4.79 Å².